The predicted molar refractivity (Wildman–Crippen MR) is 45.7 cm³/mol. The summed E-state index contributed by atoms with van der Waals surface area (Å²) >= 11 is 0. The van der Waals surface area contributed by atoms with Gasteiger partial charge in [-0.15, -0.1) is 0 Å². The van der Waals surface area contributed by atoms with Crippen LogP contribution in [0.3, 0.4) is 0 Å². The molecule has 0 aliphatic heterocycles. The topological polar surface area (TPSA) is 30.0 Å². The second-order valence-electron chi connectivity index (χ2n) is 1.88. The zero-order valence-electron chi connectivity index (χ0n) is 7.16. The maximum Gasteiger partial charge on any atom is 0.168 e. The minimum atomic E-state index is 0.495. The maximum atomic E-state index is 10.1. The molecule has 0 amide bonds. The molecule has 0 saturated heterocycles. The van der Waals surface area contributed by atoms with Crippen LogP contribution in [0.15, 0.2) is 18.3 Å². The number of pyridine rings is 1. The molecule has 1 heterocycles. The lowest BCUT2D eigenvalue weighted by Crippen LogP contribution is -1.84. The second kappa shape index (κ2) is 5.59. The highest BCUT2D eigenvalue weighted by Gasteiger charge is 1.87. The van der Waals surface area contributed by atoms with E-state index in [9.17, 15) is 4.79 Å². The number of carbonyl (C=O) groups excluding carboxylic acids is 1. The van der Waals surface area contributed by atoms with Gasteiger partial charge in [-0.3, -0.25) is 9.78 Å². The number of carbonyl (C=O) groups is 1. The Balaban J connectivity index is 0.000000461. The smallest absolute Gasteiger partial charge is 0.168 e. The third-order valence-electron chi connectivity index (χ3n) is 1.06. The summed E-state index contributed by atoms with van der Waals surface area (Å²) in [4.78, 5) is 13.9. The molecule has 0 unspecified atom stereocenters. The highest BCUT2D eigenvalue weighted by atomic mass is 16.1. The zero-order chi connectivity index (χ0) is 8.69. The first-order valence-electron chi connectivity index (χ1n) is 3.71. The van der Waals surface area contributed by atoms with Crippen molar-refractivity contribution in [2.75, 3.05) is 0 Å². The van der Waals surface area contributed by atoms with Gasteiger partial charge in [-0.1, -0.05) is 13.8 Å². The number of hydrogen-bond acceptors (Lipinski definition) is 2. The fourth-order valence-corrected chi connectivity index (χ4v) is 0.624. The fourth-order valence-electron chi connectivity index (χ4n) is 0.624. The van der Waals surface area contributed by atoms with E-state index in [0.29, 0.717) is 5.69 Å². The van der Waals surface area contributed by atoms with Crippen LogP contribution < -0.4 is 0 Å². The van der Waals surface area contributed by atoms with Crippen LogP contribution in [-0.4, -0.2) is 11.3 Å². The first-order valence-corrected chi connectivity index (χ1v) is 3.71. The summed E-state index contributed by atoms with van der Waals surface area (Å²) in [5.41, 5.74) is 1.56. The first kappa shape index (κ1) is 9.82. The minimum Gasteiger partial charge on any atom is -0.296 e. The van der Waals surface area contributed by atoms with E-state index < -0.39 is 0 Å². The molecule has 2 heteroatoms. The highest BCUT2D eigenvalue weighted by molar-refractivity contribution is 5.71. The van der Waals surface area contributed by atoms with Crippen LogP contribution in [0, 0.1) is 6.92 Å². The molecule has 0 bridgehead atoms. The molecule has 0 aliphatic rings. The predicted octanol–water partition coefficient (Wildman–Crippen LogP) is 2.23. The summed E-state index contributed by atoms with van der Waals surface area (Å²) in [5, 5.41) is 0. The summed E-state index contributed by atoms with van der Waals surface area (Å²) in [7, 11) is 0. The summed E-state index contributed by atoms with van der Waals surface area (Å²) in [5.74, 6) is 0. The molecule has 2 nitrogen and oxygen atoms in total. The molecule has 1 aromatic heterocycles. The van der Waals surface area contributed by atoms with Gasteiger partial charge in [-0.05, 0) is 24.6 Å². The molecule has 60 valence electrons. The van der Waals surface area contributed by atoms with Crippen LogP contribution >= 0.6 is 0 Å². The van der Waals surface area contributed by atoms with Crippen molar-refractivity contribution in [3.63, 3.8) is 0 Å². The van der Waals surface area contributed by atoms with Crippen LogP contribution in [-0.2, 0) is 0 Å². The molecular formula is C9H13NO. The van der Waals surface area contributed by atoms with Crippen LogP contribution in [0.5, 0.6) is 0 Å². The molecule has 1 aromatic rings. The Hall–Kier alpha value is -1.18. The molecule has 0 radical (unpaired) electrons. The van der Waals surface area contributed by atoms with Crippen LogP contribution in [0.4, 0.5) is 0 Å². The molecule has 1 rings (SSSR count). The second-order valence-corrected chi connectivity index (χ2v) is 1.88. The molecule has 0 spiro atoms. The summed E-state index contributed by atoms with van der Waals surface area (Å²) < 4.78 is 0. The van der Waals surface area contributed by atoms with E-state index in [-0.39, 0.29) is 0 Å². The Bertz CT molecular complexity index is 221. The number of aldehydes is 1. The van der Waals surface area contributed by atoms with Gasteiger partial charge in [0.05, 0.1) is 0 Å². The summed E-state index contributed by atoms with van der Waals surface area (Å²) in [6.45, 7) is 5.93. The van der Waals surface area contributed by atoms with Gasteiger partial charge >= 0.3 is 0 Å². The number of nitrogens with zero attached hydrogens (tertiary/aromatic N) is 1. The maximum absolute atomic E-state index is 10.1. The van der Waals surface area contributed by atoms with Gasteiger partial charge in [-0.25, -0.2) is 0 Å². The lowest BCUT2D eigenvalue weighted by molar-refractivity contribution is 0.111. The zero-order valence-corrected chi connectivity index (χ0v) is 7.16. The number of hydrogen-bond donors (Lipinski definition) is 0. The van der Waals surface area contributed by atoms with E-state index in [4.69, 9.17) is 0 Å². The van der Waals surface area contributed by atoms with Gasteiger partial charge in [0.25, 0.3) is 0 Å². The monoisotopic (exact) mass is 151 g/mol. The van der Waals surface area contributed by atoms with Gasteiger partial charge in [0.2, 0.25) is 0 Å². The third-order valence-corrected chi connectivity index (χ3v) is 1.06. The average Bonchev–Trinajstić information content (AvgIpc) is 2.08. The standard InChI is InChI=1S/C7H7NO.C2H6/c1-6-2-3-8-7(4-6)5-9;1-2/h2-5H,1H3;1-2H3. The average molecular weight is 151 g/mol. The Kier molecular flexibility index (Phi) is 4.99. The van der Waals surface area contributed by atoms with Gasteiger partial charge < -0.3 is 0 Å². The number of aromatic nitrogens is 1. The number of aryl methyl sites for hydroxylation is 1. The molecule has 11 heavy (non-hydrogen) atoms. The van der Waals surface area contributed by atoms with Gasteiger partial charge in [-0.2, -0.15) is 0 Å². The molecular weight excluding hydrogens is 138 g/mol. The SMILES string of the molecule is CC.Cc1ccnc(C=O)c1. The van der Waals surface area contributed by atoms with Crippen molar-refractivity contribution in [1.82, 2.24) is 4.98 Å². The van der Waals surface area contributed by atoms with E-state index in [1.54, 1.807) is 12.3 Å². The molecule has 0 saturated carbocycles. The highest BCUT2D eigenvalue weighted by Crippen LogP contribution is 1.95. The van der Waals surface area contributed by atoms with Crippen LogP contribution in [0.25, 0.3) is 0 Å². The summed E-state index contributed by atoms with van der Waals surface area (Å²) in [6, 6.07) is 3.60. The summed E-state index contributed by atoms with van der Waals surface area (Å²) in [6.07, 6.45) is 2.37. The van der Waals surface area contributed by atoms with Crippen molar-refractivity contribution < 1.29 is 4.79 Å². The van der Waals surface area contributed by atoms with Gasteiger partial charge in [0.1, 0.15) is 5.69 Å². The van der Waals surface area contributed by atoms with E-state index >= 15 is 0 Å². The molecule has 0 atom stereocenters. The molecule has 0 aliphatic carbocycles. The number of rotatable bonds is 1. The Labute approximate surface area is 67.3 Å². The minimum absolute atomic E-state index is 0.495. The van der Waals surface area contributed by atoms with Gasteiger partial charge in [0, 0.05) is 6.20 Å². The molecule has 0 fully saturated rings. The van der Waals surface area contributed by atoms with Crippen molar-refractivity contribution in [1.29, 1.82) is 0 Å². The van der Waals surface area contributed by atoms with E-state index in [2.05, 4.69) is 4.98 Å². The lowest BCUT2D eigenvalue weighted by atomic mass is 10.2. The van der Waals surface area contributed by atoms with Crippen LogP contribution in [0.2, 0.25) is 0 Å². The molecule has 0 N–H and O–H groups in total. The van der Waals surface area contributed by atoms with Crippen molar-refractivity contribution in [2.24, 2.45) is 0 Å². The van der Waals surface area contributed by atoms with Crippen molar-refractivity contribution in [3.8, 4) is 0 Å². The van der Waals surface area contributed by atoms with Gasteiger partial charge in [0.15, 0.2) is 6.29 Å². The molecule has 0 aromatic carbocycles. The van der Waals surface area contributed by atoms with Crippen molar-refractivity contribution in [3.05, 3.63) is 29.6 Å². The van der Waals surface area contributed by atoms with E-state index in [0.717, 1.165) is 11.8 Å². The van der Waals surface area contributed by atoms with Crippen molar-refractivity contribution in [2.45, 2.75) is 20.8 Å². The largest absolute Gasteiger partial charge is 0.296 e. The first-order chi connectivity index (χ1) is 5.33. The Morgan fingerprint density at radius 3 is 2.45 bits per heavy atom. The van der Waals surface area contributed by atoms with Crippen LogP contribution in [0.1, 0.15) is 29.9 Å². The normalized spacial score (nSPS) is 7.91. The lowest BCUT2D eigenvalue weighted by Gasteiger charge is -1.89. The van der Waals surface area contributed by atoms with E-state index in [1.807, 2.05) is 26.8 Å². The van der Waals surface area contributed by atoms with E-state index in [1.165, 1.54) is 0 Å². The van der Waals surface area contributed by atoms with Crippen molar-refractivity contribution >= 4 is 6.29 Å². The Morgan fingerprint density at radius 2 is 2.09 bits per heavy atom. The Morgan fingerprint density at radius 1 is 1.45 bits per heavy atom. The fraction of sp³-hybridized carbons (Fsp3) is 0.333. The quantitative estimate of drug-likeness (QED) is 0.576. The third kappa shape index (κ3) is 3.50.